The van der Waals surface area contributed by atoms with Crippen LogP contribution in [0.2, 0.25) is 0 Å². The molecule has 0 radical (unpaired) electrons. The molecule has 0 atom stereocenters. The molecule has 0 aliphatic carbocycles. The van der Waals surface area contributed by atoms with E-state index in [1.54, 1.807) is 7.11 Å². The van der Waals surface area contributed by atoms with E-state index in [1.807, 2.05) is 13.2 Å². The van der Waals surface area contributed by atoms with E-state index in [0.29, 0.717) is 6.10 Å². The molecule has 0 spiro atoms. The average molecular weight is 419 g/mol. The van der Waals surface area contributed by atoms with Gasteiger partial charge in [0, 0.05) is 79.4 Å². The van der Waals surface area contributed by atoms with Gasteiger partial charge in [-0.25, -0.2) is 4.98 Å². The molecule has 3 rings (SSSR count). The summed E-state index contributed by atoms with van der Waals surface area (Å²) in [6.45, 7) is 8.48. The number of likely N-dealkylation sites (N-methyl/N-ethyl adjacent to an activating group) is 1. The number of rotatable bonds is 8. The number of piperazine rings is 1. The fourth-order valence-corrected chi connectivity index (χ4v) is 3.94. The van der Waals surface area contributed by atoms with Crippen LogP contribution in [0.4, 0.5) is 5.82 Å². The standard InChI is InChI=1S/C22H38N6O2/c1-23-22(28-9-7-20(8-10-28)30-16-4-15-29-3)25-18-19-5-6-21(24-17-19)27-13-11-26(2)12-14-27/h5-6,17,20H,4,7-16,18H2,1-3H3,(H,23,25). The van der Waals surface area contributed by atoms with Gasteiger partial charge in [0.2, 0.25) is 0 Å². The topological polar surface area (TPSA) is 65.5 Å². The van der Waals surface area contributed by atoms with E-state index in [0.717, 1.165) is 90.1 Å². The molecule has 168 valence electrons. The number of hydrogen-bond acceptors (Lipinski definition) is 6. The van der Waals surface area contributed by atoms with Crippen LogP contribution < -0.4 is 10.2 Å². The molecule has 1 N–H and O–H groups in total. The van der Waals surface area contributed by atoms with Gasteiger partial charge in [0.15, 0.2) is 5.96 Å². The van der Waals surface area contributed by atoms with Gasteiger partial charge in [0.05, 0.1) is 6.10 Å². The highest BCUT2D eigenvalue weighted by molar-refractivity contribution is 5.79. The molecule has 0 aromatic carbocycles. The third-order valence-electron chi connectivity index (χ3n) is 5.89. The summed E-state index contributed by atoms with van der Waals surface area (Å²) < 4.78 is 11.0. The molecule has 0 bridgehead atoms. The van der Waals surface area contributed by atoms with Crippen LogP contribution >= 0.6 is 0 Å². The highest BCUT2D eigenvalue weighted by Crippen LogP contribution is 2.15. The molecule has 8 heteroatoms. The van der Waals surface area contributed by atoms with Gasteiger partial charge in [0.1, 0.15) is 5.82 Å². The Hall–Kier alpha value is -1.90. The van der Waals surface area contributed by atoms with Gasteiger partial charge in [-0.3, -0.25) is 4.99 Å². The zero-order valence-corrected chi connectivity index (χ0v) is 18.8. The van der Waals surface area contributed by atoms with Crippen molar-refractivity contribution in [1.29, 1.82) is 0 Å². The number of ether oxygens (including phenoxy) is 2. The SMILES string of the molecule is CN=C(NCc1ccc(N2CCN(C)CC2)nc1)N1CCC(OCCCOC)CC1. The third-order valence-corrected chi connectivity index (χ3v) is 5.89. The quantitative estimate of drug-likeness (QED) is 0.389. The van der Waals surface area contributed by atoms with Crippen molar-refractivity contribution < 1.29 is 9.47 Å². The second-order valence-corrected chi connectivity index (χ2v) is 8.12. The predicted octanol–water partition coefficient (Wildman–Crippen LogP) is 1.43. The van der Waals surface area contributed by atoms with Gasteiger partial charge < -0.3 is 29.5 Å². The fourth-order valence-electron chi connectivity index (χ4n) is 3.94. The second-order valence-electron chi connectivity index (χ2n) is 8.12. The molecule has 3 heterocycles. The molecular weight excluding hydrogens is 380 g/mol. The first-order chi connectivity index (χ1) is 14.7. The lowest BCUT2D eigenvalue weighted by Crippen LogP contribution is -2.46. The normalized spacial score (nSPS) is 19.4. The van der Waals surface area contributed by atoms with E-state index >= 15 is 0 Å². The lowest BCUT2D eigenvalue weighted by atomic mass is 10.1. The van der Waals surface area contributed by atoms with Gasteiger partial charge in [-0.05, 0) is 37.9 Å². The number of aromatic nitrogens is 1. The van der Waals surface area contributed by atoms with Gasteiger partial charge in [0.25, 0.3) is 0 Å². The van der Waals surface area contributed by atoms with Crippen LogP contribution in [-0.2, 0) is 16.0 Å². The van der Waals surface area contributed by atoms with E-state index in [-0.39, 0.29) is 0 Å². The van der Waals surface area contributed by atoms with Crippen molar-refractivity contribution in [2.24, 2.45) is 4.99 Å². The van der Waals surface area contributed by atoms with E-state index in [4.69, 9.17) is 9.47 Å². The summed E-state index contributed by atoms with van der Waals surface area (Å²) in [5.74, 6) is 2.03. The Morgan fingerprint density at radius 3 is 2.53 bits per heavy atom. The summed E-state index contributed by atoms with van der Waals surface area (Å²) in [7, 11) is 5.75. The fraction of sp³-hybridized carbons (Fsp3) is 0.727. The Morgan fingerprint density at radius 1 is 1.13 bits per heavy atom. The molecule has 8 nitrogen and oxygen atoms in total. The first kappa shape index (κ1) is 22.8. The van der Waals surface area contributed by atoms with Crippen LogP contribution in [0.15, 0.2) is 23.3 Å². The first-order valence-electron chi connectivity index (χ1n) is 11.1. The lowest BCUT2D eigenvalue weighted by Gasteiger charge is -2.34. The third kappa shape index (κ3) is 6.82. The number of aliphatic imine (C=N–C) groups is 1. The molecule has 0 amide bonds. The van der Waals surface area contributed by atoms with Gasteiger partial charge >= 0.3 is 0 Å². The summed E-state index contributed by atoms with van der Waals surface area (Å²) in [6.07, 6.45) is 5.36. The monoisotopic (exact) mass is 418 g/mol. The number of piperidine rings is 1. The number of guanidine groups is 1. The maximum Gasteiger partial charge on any atom is 0.193 e. The second kappa shape index (κ2) is 12.1. The van der Waals surface area contributed by atoms with Crippen LogP contribution in [0.5, 0.6) is 0 Å². The molecule has 2 aliphatic heterocycles. The smallest absolute Gasteiger partial charge is 0.193 e. The minimum atomic E-state index is 0.350. The zero-order valence-electron chi connectivity index (χ0n) is 18.8. The van der Waals surface area contributed by atoms with Crippen molar-refractivity contribution in [2.75, 3.05) is 78.6 Å². The largest absolute Gasteiger partial charge is 0.385 e. The minimum absolute atomic E-state index is 0.350. The van der Waals surface area contributed by atoms with E-state index in [9.17, 15) is 0 Å². The van der Waals surface area contributed by atoms with Crippen LogP contribution in [0.3, 0.4) is 0 Å². The molecule has 2 saturated heterocycles. The molecule has 0 saturated carbocycles. The molecule has 2 fully saturated rings. The van der Waals surface area contributed by atoms with Crippen molar-refractivity contribution in [2.45, 2.75) is 31.9 Å². The summed E-state index contributed by atoms with van der Waals surface area (Å²) in [5, 5.41) is 3.49. The number of pyridine rings is 1. The number of likely N-dealkylation sites (tertiary alicyclic amines) is 1. The summed E-state index contributed by atoms with van der Waals surface area (Å²) >= 11 is 0. The maximum atomic E-state index is 5.96. The number of nitrogens with one attached hydrogen (secondary N) is 1. The van der Waals surface area contributed by atoms with Crippen LogP contribution in [-0.4, -0.2) is 101 Å². The molecular formula is C22H38N6O2. The van der Waals surface area contributed by atoms with Crippen LogP contribution in [0.25, 0.3) is 0 Å². The van der Waals surface area contributed by atoms with Crippen molar-refractivity contribution >= 4 is 11.8 Å². The number of anilines is 1. The van der Waals surface area contributed by atoms with Crippen LogP contribution in [0, 0.1) is 0 Å². The maximum absolute atomic E-state index is 5.96. The molecule has 1 aromatic heterocycles. The summed E-state index contributed by atoms with van der Waals surface area (Å²) in [6, 6.07) is 4.30. The molecule has 2 aliphatic rings. The molecule has 1 aromatic rings. The van der Waals surface area contributed by atoms with E-state index < -0.39 is 0 Å². The summed E-state index contributed by atoms with van der Waals surface area (Å²) in [4.78, 5) is 16.2. The Morgan fingerprint density at radius 2 is 1.90 bits per heavy atom. The number of hydrogen-bond donors (Lipinski definition) is 1. The van der Waals surface area contributed by atoms with Crippen molar-refractivity contribution in [3.63, 3.8) is 0 Å². The Kier molecular flexibility index (Phi) is 9.17. The Bertz CT molecular complexity index is 638. The van der Waals surface area contributed by atoms with Crippen molar-refractivity contribution in [1.82, 2.24) is 20.1 Å². The zero-order chi connectivity index (χ0) is 21.2. The van der Waals surface area contributed by atoms with Crippen molar-refractivity contribution in [3.8, 4) is 0 Å². The highest BCUT2D eigenvalue weighted by atomic mass is 16.5. The predicted molar refractivity (Wildman–Crippen MR) is 121 cm³/mol. The van der Waals surface area contributed by atoms with Crippen molar-refractivity contribution in [3.05, 3.63) is 23.9 Å². The van der Waals surface area contributed by atoms with E-state index in [1.165, 1.54) is 5.56 Å². The Labute approximate surface area is 181 Å². The van der Waals surface area contributed by atoms with Gasteiger partial charge in [-0.2, -0.15) is 0 Å². The van der Waals surface area contributed by atoms with Gasteiger partial charge in [-0.15, -0.1) is 0 Å². The lowest BCUT2D eigenvalue weighted by molar-refractivity contribution is 0.00989. The average Bonchev–Trinajstić information content (AvgIpc) is 2.79. The van der Waals surface area contributed by atoms with Gasteiger partial charge in [-0.1, -0.05) is 6.07 Å². The minimum Gasteiger partial charge on any atom is -0.385 e. The summed E-state index contributed by atoms with van der Waals surface area (Å²) in [5.41, 5.74) is 1.17. The molecule has 0 unspecified atom stereocenters. The Balaban J connectivity index is 1.40. The number of nitrogens with zero attached hydrogens (tertiary/aromatic N) is 5. The van der Waals surface area contributed by atoms with Crippen LogP contribution in [0.1, 0.15) is 24.8 Å². The van der Waals surface area contributed by atoms with E-state index in [2.05, 4.69) is 49.2 Å². The highest BCUT2D eigenvalue weighted by Gasteiger charge is 2.22. The first-order valence-corrected chi connectivity index (χ1v) is 11.1. The molecule has 30 heavy (non-hydrogen) atoms. The number of methoxy groups -OCH3 is 1.